The minimum absolute atomic E-state index is 0.126. The third kappa shape index (κ3) is 1.97. The minimum Gasteiger partial charge on any atom is -0.376 e. The number of rotatable bonds is 1. The topological polar surface area (TPSA) is 70.9 Å². The monoisotopic (exact) mass is 219 g/mol. The highest BCUT2D eigenvalue weighted by atomic mass is 32.1. The lowest BCUT2D eigenvalue weighted by molar-refractivity contribution is 1.28. The Morgan fingerprint density at radius 2 is 2.20 bits per heavy atom. The normalized spacial score (nSPS) is 10.1. The molecule has 15 heavy (non-hydrogen) atoms. The van der Waals surface area contributed by atoms with Crippen molar-refractivity contribution in [3.8, 4) is 0 Å². The van der Waals surface area contributed by atoms with E-state index in [4.69, 9.17) is 18.0 Å². The first kappa shape index (κ1) is 9.67. The summed E-state index contributed by atoms with van der Waals surface area (Å²) in [4.78, 5) is 14.1. The van der Waals surface area contributed by atoms with E-state index in [9.17, 15) is 4.79 Å². The van der Waals surface area contributed by atoms with Gasteiger partial charge in [0.15, 0.2) is 5.11 Å². The minimum atomic E-state index is -0.126. The van der Waals surface area contributed by atoms with Crippen LogP contribution in [0, 0.1) is 0 Å². The first-order valence-corrected chi connectivity index (χ1v) is 4.75. The zero-order chi connectivity index (χ0) is 10.8. The average Bonchev–Trinajstić information content (AvgIpc) is 2.18. The lowest BCUT2D eigenvalue weighted by Crippen LogP contribution is -2.19. The van der Waals surface area contributed by atoms with Gasteiger partial charge < -0.3 is 16.0 Å². The van der Waals surface area contributed by atoms with Crippen LogP contribution in [0.15, 0.2) is 35.3 Å². The molecule has 0 fully saturated rings. The fraction of sp³-hybridized carbons (Fsp3) is 0. The number of benzene rings is 1. The Balaban J connectivity index is 2.59. The van der Waals surface area contributed by atoms with Gasteiger partial charge in [-0.05, 0) is 35.8 Å². The fourth-order valence-electron chi connectivity index (χ4n) is 1.40. The Morgan fingerprint density at radius 3 is 2.93 bits per heavy atom. The van der Waals surface area contributed by atoms with Gasteiger partial charge in [0, 0.05) is 17.3 Å². The van der Waals surface area contributed by atoms with Crippen LogP contribution in [-0.4, -0.2) is 10.1 Å². The molecule has 0 aliphatic rings. The van der Waals surface area contributed by atoms with Gasteiger partial charge in [0.1, 0.15) is 0 Å². The molecule has 0 amide bonds. The van der Waals surface area contributed by atoms with Gasteiger partial charge in [0.05, 0.1) is 0 Å². The van der Waals surface area contributed by atoms with Gasteiger partial charge in [-0.2, -0.15) is 0 Å². The predicted molar refractivity (Wildman–Crippen MR) is 65.0 cm³/mol. The van der Waals surface area contributed by atoms with E-state index in [1.165, 1.54) is 0 Å². The molecule has 0 saturated carbocycles. The summed E-state index contributed by atoms with van der Waals surface area (Å²) in [6.07, 6.45) is 1.62. The van der Waals surface area contributed by atoms with Crippen molar-refractivity contribution < 1.29 is 0 Å². The van der Waals surface area contributed by atoms with Crippen LogP contribution in [0.3, 0.4) is 0 Å². The van der Waals surface area contributed by atoms with Gasteiger partial charge in [-0.25, -0.2) is 0 Å². The molecule has 0 atom stereocenters. The van der Waals surface area contributed by atoms with Crippen molar-refractivity contribution >= 4 is 33.8 Å². The Labute approximate surface area is 91.1 Å². The van der Waals surface area contributed by atoms with Gasteiger partial charge in [0.2, 0.25) is 0 Å². The Hall–Kier alpha value is -1.88. The molecule has 0 spiro atoms. The van der Waals surface area contributed by atoms with Crippen LogP contribution in [0.5, 0.6) is 0 Å². The quantitative estimate of drug-likeness (QED) is 0.630. The molecule has 0 radical (unpaired) electrons. The van der Waals surface area contributed by atoms with Crippen LogP contribution in [-0.2, 0) is 0 Å². The molecule has 2 aromatic rings. The standard InChI is InChI=1S/C10H9N3OS/c11-10(15)13-7-2-1-6-3-4-12-9(14)8(6)5-7/h1-5H,(H,12,14)(H3,11,13,15). The number of hydrogen-bond acceptors (Lipinski definition) is 2. The highest BCUT2D eigenvalue weighted by Crippen LogP contribution is 2.14. The number of nitrogens with two attached hydrogens (primary N) is 1. The number of anilines is 1. The van der Waals surface area contributed by atoms with Crippen LogP contribution >= 0.6 is 12.2 Å². The number of aromatic amines is 1. The highest BCUT2D eigenvalue weighted by molar-refractivity contribution is 7.80. The van der Waals surface area contributed by atoms with Crippen molar-refractivity contribution in [2.24, 2.45) is 5.73 Å². The Bertz CT molecular complexity index is 576. The number of H-pyrrole nitrogens is 1. The van der Waals surface area contributed by atoms with E-state index in [0.29, 0.717) is 11.1 Å². The zero-order valence-corrected chi connectivity index (χ0v) is 8.60. The highest BCUT2D eigenvalue weighted by Gasteiger charge is 1.99. The van der Waals surface area contributed by atoms with Gasteiger partial charge in [-0.1, -0.05) is 6.07 Å². The summed E-state index contributed by atoms with van der Waals surface area (Å²) in [7, 11) is 0. The third-order valence-corrected chi connectivity index (χ3v) is 2.14. The maximum atomic E-state index is 11.5. The molecule has 4 nitrogen and oxygen atoms in total. The molecule has 0 saturated heterocycles. The van der Waals surface area contributed by atoms with Crippen LogP contribution in [0.2, 0.25) is 0 Å². The molecule has 0 unspecified atom stereocenters. The van der Waals surface area contributed by atoms with Gasteiger partial charge >= 0.3 is 0 Å². The number of nitrogens with one attached hydrogen (secondary N) is 2. The largest absolute Gasteiger partial charge is 0.376 e. The summed E-state index contributed by atoms with van der Waals surface area (Å²) in [5.74, 6) is 0. The number of fused-ring (bicyclic) bond motifs is 1. The summed E-state index contributed by atoms with van der Waals surface area (Å²) in [5, 5.41) is 4.45. The summed E-state index contributed by atoms with van der Waals surface area (Å²) in [6, 6.07) is 7.21. The number of thiocarbonyl (C=S) groups is 1. The van der Waals surface area contributed by atoms with Crippen molar-refractivity contribution in [1.29, 1.82) is 0 Å². The Kier molecular flexibility index (Phi) is 2.39. The second-order valence-corrected chi connectivity index (χ2v) is 3.54. The second kappa shape index (κ2) is 3.70. The van der Waals surface area contributed by atoms with Crippen LogP contribution < -0.4 is 16.6 Å². The average molecular weight is 219 g/mol. The van der Waals surface area contributed by atoms with Crippen molar-refractivity contribution in [3.05, 3.63) is 40.8 Å². The fourth-order valence-corrected chi connectivity index (χ4v) is 1.52. The molecule has 0 aliphatic heterocycles. The van der Waals surface area contributed by atoms with Gasteiger partial charge in [-0.3, -0.25) is 4.79 Å². The van der Waals surface area contributed by atoms with Crippen molar-refractivity contribution in [2.45, 2.75) is 0 Å². The molecular weight excluding hydrogens is 210 g/mol. The zero-order valence-electron chi connectivity index (χ0n) is 7.78. The van der Waals surface area contributed by atoms with Gasteiger partial charge in [-0.15, -0.1) is 0 Å². The van der Waals surface area contributed by atoms with Crippen molar-refractivity contribution in [3.63, 3.8) is 0 Å². The summed E-state index contributed by atoms with van der Waals surface area (Å²) >= 11 is 4.71. The maximum Gasteiger partial charge on any atom is 0.255 e. The molecule has 1 heterocycles. The van der Waals surface area contributed by atoms with E-state index in [0.717, 1.165) is 5.39 Å². The molecule has 5 heteroatoms. The number of pyridine rings is 1. The Morgan fingerprint density at radius 1 is 1.40 bits per heavy atom. The maximum absolute atomic E-state index is 11.5. The van der Waals surface area contributed by atoms with E-state index in [1.807, 2.05) is 18.2 Å². The smallest absolute Gasteiger partial charge is 0.255 e. The van der Waals surface area contributed by atoms with E-state index in [2.05, 4.69) is 10.3 Å². The van der Waals surface area contributed by atoms with Crippen molar-refractivity contribution in [1.82, 2.24) is 4.98 Å². The predicted octanol–water partition coefficient (Wildman–Crippen LogP) is 1.18. The molecule has 76 valence electrons. The second-order valence-electron chi connectivity index (χ2n) is 3.10. The van der Waals surface area contributed by atoms with Crippen LogP contribution in [0.25, 0.3) is 10.8 Å². The first-order valence-electron chi connectivity index (χ1n) is 4.35. The van der Waals surface area contributed by atoms with Gasteiger partial charge in [0.25, 0.3) is 5.56 Å². The third-order valence-electron chi connectivity index (χ3n) is 2.04. The number of aromatic nitrogens is 1. The van der Waals surface area contributed by atoms with Crippen LogP contribution in [0.1, 0.15) is 0 Å². The van der Waals surface area contributed by atoms with E-state index < -0.39 is 0 Å². The van der Waals surface area contributed by atoms with E-state index in [-0.39, 0.29) is 10.7 Å². The molecule has 1 aromatic heterocycles. The molecule has 4 N–H and O–H groups in total. The molecule has 2 rings (SSSR count). The molecule has 0 aliphatic carbocycles. The van der Waals surface area contributed by atoms with E-state index in [1.54, 1.807) is 12.3 Å². The lowest BCUT2D eigenvalue weighted by atomic mass is 10.1. The van der Waals surface area contributed by atoms with Crippen molar-refractivity contribution in [2.75, 3.05) is 5.32 Å². The SMILES string of the molecule is NC(=S)Nc1ccc2cc[nH]c(=O)c2c1. The lowest BCUT2D eigenvalue weighted by Gasteiger charge is -2.04. The molecular formula is C10H9N3OS. The first-order chi connectivity index (χ1) is 7.16. The molecule has 0 bridgehead atoms. The van der Waals surface area contributed by atoms with Crippen LogP contribution in [0.4, 0.5) is 5.69 Å². The molecule has 1 aromatic carbocycles. The van der Waals surface area contributed by atoms with E-state index >= 15 is 0 Å². The summed E-state index contributed by atoms with van der Waals surface area (Å²) in [5.41, 5.74) is 5.93. The number of hydrogen-bond donors (Lipinski definition) is 3. The summed E-state index contributed by atoms with van der Waals surface area (Å²) < 4.78 is 0. The summed E-state index contributed by atoms with van der Waals surface area (Å²) in [6.45, 7) is 0.